The molecular formula is C23H21F2N3O3S. The Morgan fingerprint density at radius 1 is 0.938 bits per heavy atom. The molecule has 3 aromatic carbocycles. The van der Waals surface area contributed by atoms with Crippen LogP contribution >= 0.6 is 0 Å². The monoisotopic (exact) mass is 457 g/mol. The fourth-order valence-corrected chi connectivity index (χ4v) is 4.31. The molecule has 0 saturated heterocycles. The van der Waals surface area contributed by atoms with Gasteiger partial charge >= 0.3 is 0 Å². The number of sulfonamides is 1. The van der Waals surface area contributed by atoms with E-state index in [0.717, 1.165) is 34.3 Å². The molecule has 0 spiro atoms. The number of fused-ring (bicyclic) bond motifs is 1. The molecule has 0 amide bonds. The number of rotatable bonds is 9. The van der Waals surface area contributed by atoms with Gasteiger partial charge in [-0.15, -0.1) is 0 Å². The molecule has 0 unspecified atom stereocenters. The van der Waals surface area contributed by atoms with Crippen LogP contribution in [0.25, 0.3) is 10.9 Å². The van der Waals surface area contributed by atoms with Crippen LogP contribution in [0.1, 0.15) is 5.56 Å². The Hall–Kier alpha value is -3.43. The average molecular weight is 458 g/mol. The van der Waals surface area contributed by atoms with Crippen LogP contribution in [0.4, 0.5) is 14.5 Å². The summed E-state index contributed by atoms with van der Waals surface area (Å²) in [5.41, 5.74) is 2.19. The maximum atomic E-state index is 13.4. The number of hydrogen-bond donors (Lipinski definition) is 3. The van der Waals surface area contributed by atoms with Crippen LogP contribution in [-0.2, 0) is 16.6 Å². The van der Waals surface area contributed by atoms with Gasteiger partial charge in [0.1, 0.15) is 12.4 Å². The van der Waals surface area contributed by atoms with Crippen molar-refractivity contribution in [3.63, 3.8) is 0 Å². The molecule has 0 aliphatic carbocycles. The molecule has 1 aromatic heterocycles. The van der Waals surface area contributed by atoms with Crippen LogP contribution in [-0.4, -0.2) is 26.6 Å². The predicted octanol–water partition coefficient (Wildman–Crippen LogP) is 4.42. The molecule has 0 aliphatic rings. The summed E-state index contributed by atoms with van der Waals surface area (Å²) >= 11 is 0. The normalized spacial score (nSPS) is 11.6. The smallest absolute Gasteiger partial charge is 0.261 e. The van der Waals surface area contributed by atoms with Crippen molar-refractivity contribution in [3.8, 4) is 5.75 Å². The van der Waals surface area contributed by atoms with Gasteiger partial charge in [-0.05, 0) is 54.1 Å². The highest BCUT2D eigenvalue weighted by Gasteiger charge is 2.16. The summed E-state index contributed by atoms with van der Waals surface area (Å²) in [6, 6.07) is 17.0. The lowest BCUT2D eigenvalue weighted by molar-refractivity contribution is 0.317. The Morgan fingerprint density at radius 3 is 2.62 bits per heavy atom. The number of aromatic nitrogens is 1. The van der Waals surface area contributed by atoms with E-state index in [-0.39, 0.29) is 4.90 Å². The molecule has 32 heavy (non-hydrogen) atoms. The molecule has 166 valence electrons. The van der Waals surface area contributed by atoms with Crippen molar-refractivity contribution in [2.75, 3.05) is 17.9 Å². The Balaban J connectivity index is 1.31. The highest BCUT2D eigenvalue weighted by Crippen LogP contribution is 2.24. The van der Waals surface area contributed by atoms with Crippen molar-refractivity contribution in [1.29, 1.82) is 0 Å². The second-order valence-corrected chi connectivity index (χ2v) is 8.78. The van der Waals surface area contributed by atoms with Gasteiger partial charge in [0, 0.05) is 35.9 Å². The fraction of sp³-hybridized carbons (Fsp3) is 0.130. The van der Waals surface area contributed by atoms with Crippen molar-refractivity contribution in [2.24, 2.45) is 0 Å². The predicted molar refractivity (Wildman–Crippen MR) is 119 cm³/mol. The minimum Gasteiger partial charge on any atom is -0.492 e. The van der Waals surface area contributed by atoms with Gasteiger partial charge < -0.3 is 15.0 Å². The summed E-state index contributed by atoms with van der Waals surface area (Å²) in [5, 5.41) is 4.27. The van der Waals surface area contributed by atoms with E-state index in [9.17, 15) is 17.2 Å². The number of benzene rings is 3. The molecule has 4 aromatic rings. The van der Waals surface area contributed by atoms with E-state index >= 15 is 0 Å². The molecule has 3 N–H and O–H groups in total. The van der Waals surface area contributed by atoms with Gasteiger partial charge in [0.2, 0.25) is 0 Å². The Morgan fingerprint density at radius 2 is 1.78 bits per heavy atom. The van der Waals surface area contributed by atoms with E-state index in [2.05, 4.69) is 15.0 Å². The topological polar surface area (TPSA) is 83.2 Å². The number of aromatic amines is 1. The first-order valence-electron chi connectivity index (χ1n) is 9.89. The van der Waals surface area contributed by atoms with Gasteiger partial charge in [0.25, 0.3) is 10.0 Å². The zero-order chi connectivity index (χ0) is 22.6. The maximum Gasteiger partial charge on any atom is 0.261 e. The number of halogens is 2. The van der Waals surface area contributed by atoms with Gasteiger partial charge in [0.15, 0.2) is 11.6 Å². The van der Waals surface area contributed by atoms with E-state index < -0.39 is 21.7 Å². The summed E-state index contributed by atoms with van der Waals surface area (Å²) < 4.78 is 59.6. The van der Waals surface area contributed by atoms with Gasteiger partial charge in [-0.25, -0.2) is 17.2 Å². The van der Waals surface area contributed by atoms with E-state index in [1.807, 2.05) is 36.5 Å². The first-order chi connectivity index (χ1) is 15.4. The first-order valence-corrected chi connectivity index (χ1v) is 11.4. The summed E-state index contributed by atoms with van der Waals surface area (Å²) in [7, 11) is -4.04. The number of ether oxygens (including phenoxy) is 1. The fourth-order valence-electron chi connectivity index (χ4n) is 3.25. The molecule has 0 aliphatic heterocycles. The lowest BCUT2D eigenvalue weighted by atomic mass is 10.2. The second-order valence-electron chi connectivity index (χ2n) is 7.10. The quantitative estimate of drug-likeness (QED) is 0.325. The number of anilines is 1. The molecule has 0 radical (unpaired) electrons. The van der Waals surface area contributed by atoms with Crippen LogP contribution in [0.3, 0.4) is 0 Å². The van der Waals surface area contributed by atoms with Crippen LogP contribution in [0.5, 0.6) is 5.75 Å². The first kappa shape index (κ1) is 21.8. The largest absolute Gasteiger partial charge is 0.492 e. The second kappa shape index (κ2) is 9.37. The number of hydrogen-bond acceptors (Lipinski definition) is 4. The average Bonchev–Trinajstić information content (AvgIpc) is 3.25. The highest BCUT2D eigenvalue weighted by atomic mass is 32.2. The molecule has 4 rings (SSSR count). The van der Waals surface area contributed by atoms with E-state index in [1.165, 1.54) is 0 Å². The lowest BCUT2D eigenvalue weighted by Gasteiger charge is -2.11. The standard InChI is InChI=1S/C23H21F2N3O3S/c24-20-8-7-18(14-21(20)25)32(29,30)28-17-4-1-3-16(13-17)15-26-11-12-31-23-6-2-5-22-19(23)9-10-27-22/h1-10,13-14,26-28H,11-12,15H2. The van der Waals surface area contributed by atoms with E-state index in [0.29, 0.717) is 31.5 Å². The zero-order valence-corrected chi connectivity index (χ0v) is 17.8. The maximum absolute atomic E-state index is 13.4. The van der Waals surface area contributed by atoms with Crippen molar-refractivity contribution in [3.05, 3.63) is 90.1 Å². The minimum absolute atomic E-state index is 0.324. The molecule has 1 heterocycles. The summed E-state index contributed by atoms with van der Waals surface area (Å²) in [6.07, 6.45) is 1.86. The molecule has 6 nitrogen and oxygen atoms in total. The van der Waals surface area contributed by atoms with Crippen molar-refractivity contribution in [2.45, 2.75) is 11.4 Å². The lowest BCUT2D eigenvalue weighted by Crippen LogP contribution is -2.20. The van der Waals surface area contributed by atoms with E-state index in [1.54, 1.807) is 18.2 Å². The molecular weight excluding hydrogens is 436 g/mol. The zero-order valence-electron chi connectivity index (χ0n) is 16.9. The van der Waals surface area contributed by atoms with Crippen LogP contribution in [0.15, 0.2) is 77.8 Å². The number of nitrogens with one attached hydrogen (secondary N) is 3. The van der Waals surface area contributed by atoms with Gasteiger partial charge in [-0.3, -0.25) is 4.72 Å². The Bertz CT molecular complexity index is 1340. The van der Waals surface area contributed by atoms with Crippen LogP contribution < -0.4 is 14.8 Å². The summed E-state index contributed by atoms with van der Waals surface area (Å²) in [4.78, 5) is 2.79. The SMILES string of the molecule is O=S(=O)(Nc1cccc(CNCCOc2cccc3[nH]ccc23)c1)c1ccc(F)c(F)c1. The van der Waals surface area contributed by atoms with Crippen molar-refractivity contribution >= 4 is 26.6 Å². The molecule has 0 saturated carbocycles. The highest BCUT2D eigenvalue weighted by molar-refractivity contribution is 7.92. The summed E-state index contributed by atoms with van der Waals surface area (Å²) in [6.45, 7) is 1.55. The van der Waals surface area contributed by atoms with Crippen LogP contribution in [0, 0.1) is 11.6 Å². The number of H-pyrrole nitrogens is 1. The Kier molecular flexibility index (Phi) is 6.38. The van der Waals surface area contributed by atoms with E-state index in [4.69, 9.17) is 4.74 Å². The van der Waals surface area contributed by atoms with Crippen LogP contribution in [0.2, 0.25) is 0 Å². The summed E-state index contributed by atoms with van der Waals surface area (Å²) in [5.74, 6) is -1.52. The third-order valence-corrected chi connectivity index (χ3v) is 6.18. The molecule has 0 atom stereocenters. The third-order valence-electron chi connectivity index (χ3n) is 4.80. The van der Waals surface area contributed by atoms with Gasteiger partial charge in [-0.1, -0.05) is 18.2 Å². The molecule has 9 heteroatoms. The third kappa shape index (κ3) is 5.06. The molecule has 0 bridgehead atoms. The van der Waals surface area contributed by atoms with Crippen molar-refractivity contribution in [1.82, 2.24) is 10.3 Å². The van der Waals surface area contributed by atoms with Gasteiger partial charge in [-0.2, -0.15) is 0 Å². The molecule has 0 fully saturated rings. The van der Waals surface area contributed by atoms with Gasteiger partial charge in [0.05, 0.1) is 4.90 Å². The minimum atomic E-state index is -4.04. The van der Waals surface area contributed by atoms with Crippen molar-refractivity contribution < 1.29 is 21.9 Å². The Labute approximate surface area is 184 Å².